The molecule has 1 aromatic carbocycles. The largest absolute Gasteiger partial charge is 0.496 e. The highest BCUT2D eigenvalue weighted by Crippen LogP contribution is 2.40. The average Bonchev–Trinajstić information content (AvgIpc) is 2.59. The van der Waals surface area contributed by atoms with E-state index in [1.54, 1.807) is 12.1 Å². The topological polar surface area (TPSA) is 27.7 Å². The molecule has 0 bridgehead atoms. The molecule has 3 rings (SSSR count). The van der Waals surface area contributed by atoms with Crippen molar-refractivity contribution in [2.45, 2.75) is 51.2 Å². The molecule has 22 heavy (non-hydrogen) atoms. The van der Waals surface area contributed by atoms with Crippen molar-refractivity contribution in [2.75, 3.05) is 6.61 Å². The zero-order valence-electron chi connectivity index (χ0n) is 13.0. The summed E-state index contributed by atoms with van der Waals surface area (Å²) in [7, 11) is -0.682. The molecule has 0 spiro atoms. The minimum atomic E-state index is -2.91. The molecule has 0 saturated carbocycles. The normalized spacial score (nSPS) is 24.8. The summed E-state index contributed by atoms with van der Waals surface area (Å²) in [6.45, 7) is 7.09. The number of benzene rings is 1. The van der Waals surface area contributed by atoms with Gasteiger partial charge in [-0.1, -0.05) is 17.7 Å². The Labute approximate surface area is 134 Å². The minimum Gasteiger partial charge on any atom is -0.487 e. The standard InChI is InChI=1S/C15H18BClF2O3/c1-13(2)14(3,4)22-16(21-13)10-5-6-11-9(12(10)17)7-15(18,19)8-20-11/h5-6H,7-8H2,1-4H3. The molecular formula is C15H18BClF2O3. The average molecular weight is 331 g/mol. The Balaban J connectivity index is 1.98. The number of hydrogen-bond donors (Lipinski definition) is 0. The van der Waals surface area contributed by atoms with Gasteiger partial charge < -0.3 is 14.0 Å². The number of fused-ring (bicyclic) bond motifs is 1. The summed E-state index contributed by atoms with van der Waals surface area (Å²) in [6.07, 6.45) is -0.436. The predicted octanol–water partition coefficient (Wildman–Crippen LogP) is 3.21. The first-order valence-corrected chi connectivity index (χ1v) is 7.58. The third kappa shape index (κ3) is 2.51. The van der Waals surface area contributed by atoms with E-state index >= 15 is 0 Å². The zero-order valence-corrected chi connectivity index (χ0v) is 13.8. The van der Waals surface area contributed by atoms with Crippen LogP contribution in [-0.2, 0) is 15.7 Å². The summed E-state index contributed by atoms with van der Waals surface area (Å²) in [5.41, 5.74) is -0.167. The van der Waals surface area contributed by atoms with E-state index in [0.717, 1.165) is 0 Å². The Morgan fingerprint density at radius 2 is 1.68 bits per heavy atom. The van der Waals surface area contributed by atoms with Gasteiger partial charge in [-0.25, -0.2) is 8.78 Å². The summed E-state index contributed by atoms with van der Waals surface area (Å²) in [4.78, 5) is 0. The monoisotopic (exact) mass is 330 g/mol. The molecule has 0 amide bonds. The lowest BCUT2D eigenvalue weighted by atomic mass is 9.77. The Morgan fingerprint density at radius 3 is 2.27 bits per heavy atom. The predicted molar refractivity (Wildman–Crippen MR) is 81.3 cm³/mol. The lowest BCUT2D eigenvalue weighted by Crippen LogP contribution is -2.41. The Bertz CT molecular complexity index is 603. The molecule has 3 nitrogen and oxygen atoms in total. The van der Waals surface area contributed by atoms with E-state index in [-0.39, 0.29) is 5.02 Å². The van der Waals surface area contributed by atoms with Gasteiger partial charge in [0.05, 0.1) is 11.2 Å². The van der Waals surface area contributed by atoms with Crippen LogP contribution in [0.2, 0.25) is 5.02 Å². The van der Waals surface area contributed by atoms with Crippen LogP contribution < -0.4 is 10.2 Å². The first kappa shape index (κ1) is 16.0. The third-order valence-electron chi connectivity index (χ3n) is 4.61. The molecule has 1 fully saturated rings. The lowest BCUT2D eigenvalue weighted by Gasteiger charge is -2.32. The van der Waals surface area contributed by atoms with Gasteiger partial charge in [0.25, 0.3) is 5.92 Å². The summed E-state index contributed by atoms with van der Waals surface area (Å²) >= 11 is 6.35. The van der Waals surface area contributed by atoms with Crippen molar-refractivity contribution in [3.05, 3.63) is 22.7 Å². The van der Waals surface area contributed by atoms with Crippen molar-refractivity contribution in [3.63, 3.8) is 0 Å². The molecule has 7 heteroatoms. The molecule has 0 aliphatic carbocycles. The molecule has 2 heterocycles. The molecule has 1 saturated heterocycles. The van der Waals surface area contributed by atoms with E-state index in [4.69, 9.17) is 25.6 Å². The molecule has 2 aliphatic heterocycles. The van der Waals surface area contributed by atoms with E-state index in [1.165, 1.54) is 0 Å². The SMILES string of the molecule is CC1(C)OB(c2ccc3c(c2Cl)CC(F)(F)CO3)OC1(C)C. The van der Waals surface area contributed by atoms with E-state index < -0.39 is 37.3 Å². The van der Waals surface area contributed by atoms with Gasteiger partial charge in [-0.2, -0.15) is 0 Å². The van der Waals surface area contributed by atoms with Gasteiger partial charge in [0, 0.05) is 22.5 Å². The van der Waals surface area contributed by atoms with Crippen LogP contribution in [0.1, 0.15) is 33.3 Å². The van der Waals surface area contributed by atoms with Gasteiger partial charge in [0.2, 0.25) is 0 Å². The summed E-state index contributed by atoms with van der Waals surface area (Å²) < 4.78 is 44.1. The fourth-order valence-corrected chi connectivity index (χ4v) is 2.88. The molecule has 0 unspecified atom stereocenters. The molecule has 0 aromatic heterocycles. The van der Waals surface area contributed by atoms with Crippen LogP contribution in [0.15, 0.2) is 12.1 Å². The number of alkyl halides is 2. The van der Waals surface area contributed by atoms with Gasteiger partial charge in [-0.3, -0.25) is 0 Å². The van der Waals surface area contributed by atoms with Crippen LogP contribution >= 0.6 is 11.6 Å². The number of halogens is 3. The van der Waals surface area contributed by atoms with Crippen LogP contribution in [-0.4, -0.2) is 30.8 Å². The lowest BCUT2D eigenvalue weighted by molar-refractivity contribution is -0.0514. The summed E-state index contributed by atoms with van der Waals surface area (Å²) in [5.74, 6) is -2.51. The second-order valence-corrected chi connectivity index (χ2v) is 7.23. The van der Waals surface area contributed by atoms with Gasteiger partial charge >= 0.3 is 7.12 Å². The van der Waals surface area contributed by atoms with Crippen LogP contribution in [0.25, 0.3) is 0 Å². The molecule has 1 aromatic rings. The van der Waals surface area contributed by atoms with Gasteiger partial charge in [-0.15, -0.1) is 0 Å². The maximum absolute atomic E-state index is 13.6. The van der Waals surface area contributed by atoms with Crippen molar-refractivity contribution in [1.82, 2.24) is 0 Å². The first-order valence-electron chi connectivity index (χ1n) is 7.20. The van der Waals surface area contributed by atoms with E-state index in [2.05, 4.69) is 0 Å². The van der Waals surface area contributed by atoms with Crippen molar-refractivity contribution in [1.29, 1.82) is 0 Å². The maximum Gasteiger partial charge on any atom is 0.496 e. The number of ether oxygens (including phenoxy) is 1. The molecule has 2 aliphatic rings. The number of hydrogen-bond acceptors (Lipinski definition) is 3. The van der Waals surface area contributed by atoms with Gasteiger partial charge in [0.15, 0.2) is 6.61 Å². The highest BCUT2D eigenvalue weighted by Gasteiger charge is 2.52. The van der Waals surface area contributed by atoms with Crippen molar-refractivity contribution in [2.24, 2.45) is 0 Å². The fraction of sp³-hybridized carbons (Fsp3) is 0.600. The Kier molecular flexibility index (Phi) is 3.51. The van der Waals surface area contributed by atoms with E-state index in [9.17, 15) is 8.78 Å². The van der Waals surface area contributed by atoms with Crippen LogP contribution in [0.5, 0.6) is 5.75 Å². The van der Waals surface area contributed by atoms with E-state index in [1.807, 2.05) is 27.7 Å². The van der Waals surface area contributed by atoms with Crippen LogP contribution in [0.4, 0.5) is 8.78 Å². The number of rotatable bonds is 1. The van der Waals surface area contributed by atoms with Crippen molar-refractivity contribution >= 4 is 24.2 Å². The van der Waals surface area contributed by atoms with Crippen molar-refractivity contribution < 1.29 is 22.8 Å². The minimum absolute atomic E-state index is 0.232. The smallest absolute Gasteiger partial charge is 0.487 e. The second kappa shape index (κ2) is 4.82. The molecule has 0 radical (unpaired) electrons. The Morgan fingerprint density at radius 1 is 1.09 bits per heavy atom. The fourth-order valence-electron chi connectivity index (χ4n) is 2.57. The summed E-state index contributed by atoms with van der Waals surface area (Å²) in [6, 6.07) is 3.36. The quantitative estimate of drug-likeness (QED) is 0.740. The highest BCUT2D eigenvalue weighted by molar-refractivity contribution is 6.65. The van der Waals surface area contributed by atoms with Crippen LogP contribution in [0, 0.1) is 0 Å². The second-order valence-electron chi connectivity index (χ2n) is 6.86. The highest BCUT2D eigenvalue weighted by atomic mass is 35.5. The van der Waals surface area contributed by atoms with Crippen LogP contribution in [0.3, 0.4) is 0 Å². The zero-order chi connectivity index (χ0) is 16.3. The van der Waals surface area contributed by atoms with Gasteiger partial charge in [0.1, 0.15) is 5.75 Å². The van der Waals surface area contributed by atoms with Crippen molar-refractivity contribution in [3.8, 4) is 5.75 Å². The Hall–Kier alpha value is -0.845. The molecule has 0 atom stereocenters. The maximum atomic E-state index is 13.6. The first-order chi connectivity index (χ1) is 10.0. The van der Waals surface area contributed by atoms with E-state index in [0.29, 0.717) is 16.8 Å². The molecular weight excluding hydrogens is 312 g/mol. The molecule has 120 valence electrons. The third-order valence-corrected chi connectivity index (χ3v) is 5.06. The van der Waals surface area contributed by atoms with Gasteiger partial charge in [-0.05, 0) is 33.8 Å². The summed E-state index contributed by atoms with van der Waals surface area (Å²) in [5, 5.41) is 0.232. The molecule has 0 N–H and O–H groups in total.